The third kappa shape index (κ3) is 3.87. The zero-order valence-electron chi connectivity index (χ0n) is 12.5. The van der Waals surface area contributed by atoms with Crippen molar-refractivity contribution < 1.29 is 9.32 Å². The normalized spacial score (nSPS) is 10.7. The summed E-state index contributed by atoms with van der Waals surface area (Å²) in [5, 5.41) is 6.99. The van der Waals surface area contributed by atoms with Crippen molar-refractivity contribution in [1.82, 2.24) is 9.72 Å². The van der Waals surface area contributed by atoms with Crippen LogP contribution < -0.4 is 11.1 Å². The van der Waals surface area contributed by atoms with Crippen LogP contribution in [-0.4, -0.2) is 15.6 Å². The molecule has 0 radical (unpaired) electrons. The lowest BCUT2D eigenvalue weighted by atomic mass is 10.2. The summed E-state index contributed by atoms with van der Waals surface area (Å²) in [6, 6.07) is 11.8. The van der Waals surface area contributed by atoms with Crippen molar-refractivity contribution in [2.45, 2.75) is 6.54 Å². The summed E-state index contributed by atoms with van der Waals surface area (Å²) in [4.78, 5) is 24.2. The van der Waals surface area contributed by atoms with E-state index in [0.29, 0.717) is 10.6 Å². The third-order valence-electron chi connectivity index (χ3n) is 3.29. The second-order valence-electron chi connectivity index (χ2n) is 5.02. The average Bonchev–Trinajstić information content (AvgIpc) is 2.92. The van der Waals surface area contributed by atoms with Crippen LogP contribution in [0, 0.1) is 0 Å². The molecule has 9 heteroatoms. The zero-order chi connectivity index (χ0) is 18.0. The summed E-state index contributed by atoms with van der Waals surface area (Å²) in [5.41, 5.74) is 0.854. The van der Waals surface area contributed by atoms with Crippen LogP contribution in [0.5, 0.6) is 0 Å². The van der Waals surface area contributed by atoms with Gasteiger partial charge in [-0.2, -0.15) is 0 Å². The quantitative estimate of drug-likeness (QED) is 0.718. The van der Waals surface area contributed by atoms with Crippen molar-refractivity contribution >= 4 is 46.4 Å². The molecule has 0 spiro atoms. The molecule has 0 bridgehead atoms. The number of nitrogens with one attached hydrogen (secondary N) is 1. The van der Waals surface area contributed by atoms with Crippen molar-refractivity contribution in [2.24, 2.45) is 0 Å². The first-order valence-electron chi connectivity index (χ1n) is 7.02. The zero-order valence-corrected chi connectivity index (χ0v) is 14.8. The largest absolute Gasteiger partial charge is 0.442 e. The van der Waals surface area contributed by atoms with Crippen molar-refractivity contribution in [2.75, 3.05) is 5.32 Å². The molecule has 3 rings (SSSR count). The summed E-state index contributed by atoms with van der Waals surface area (Å²) in [5.74, 6) is -1.02. The fourth-order valence-corrected chi connectivity index (χ4v) is 3.10. The van der Waals surface area contributed by atoms with Crippen LogP contribution in [0.2, 0.25) is 15.1 Å². The van der Waals surface area contributed by atoms with E-state index >= 15 is 0 Å². The van der Waals surface area contributed by atoms with Crippen LogP contribution in [0.1, 0.15) is 0 Å². The van der Waals surface area contributed by atoms with E-state index in [-0.39, 0.29) is 28.1 Å². The molecule has 0 unspecified atom stereocenters. The minimum absolute atomic E-state index is 0.187. The Kier molecular flexibility index (Phi) is 5.13. The lowest BCUT2D eigenvalue weighted by Crippen LogP contribution is -2.25. The SMILES string of the molecule is O=C(Cn1c(-c2ccccc2)noc1=O)Nc1c(Cl)cc(Cl)cc1Cl. The molecule has 0 atom stereocenters. The smallest absolute Gasteiger partial charge is 0.322 e. The predicted octanol–water partition coefficient (Wildman–Crippen LogP) is 4.10. The molecule has 1 heterocycles. The minimum Gasteiger partial charge on any atom is -0.322 e. The molecule has 1 aromatic heterocycles. The molecule has 128 valence electrons. The van der Waals surface area contributed by atoms with Crippen molar-refractivity contribution in [3.05, 3.63) is 68.1 Å². The number of rotatable bonds is 4. The number of halogens is 3. The average molecular weight is 399 g/mol. The summed E-state index contributed by atoms with van der Waals surface area (Å²) >= 11 is 17.9. The number of aromatic nitrogens is 2. The first kappa shape index (κ1) is 17.5. The summed E-state index contributed by atoms with van der Waals surface area (Å²) < 4.78 is 5.79. The van der Waals surface area contributed by atoms with E-state index in [4.69, 9.17) is 34.8 Å². The van der Waals surface area contributed by atoms with Crippen LogP contribution in [-0.2, 0) is 11.3 Å². The van der Waals surface area contributed by atoms with Crippen molar-refractivity contribution in [1.29, 1.82) is 0 Å². The van der Waals surface area contributed by atoms with E-state index in [1.807, 2.05) is 6.07 Å². The van der Waals surface area contributed by atoms with Gasteiger partial charge in [0.05, 0.1) is 15.7 Å². The van der Waals surface area contributed by atoms with Gasteiger partial charge in [0.1, 0.15) is 6.54 Å². The topological polar surface area (TPSA) is 77.1 Å². The Balaban J connectivity index is 1.86. The number of hydrogen-bond acceptors (Lipinski definition) is 4. The maximum Gasteiger partial charge on any atom is 0.442 e. The van der Waals surface area contributed by atoms with Gasteiger partial charge in [0.15, 0.2) is 5.82 Å². The lowest BCUT2D eigenvalue weighted by molar-refractivity contribution is -0.116. The number of carbonyl (C=O) groups is 1. The van der Waals surface area contributed by atoms with Gasteiger partial charge in [-0.1, -0.05) is 70.3 Å². The molecule has 0 aliphatic rings. The van der Waals surface area contributed by atoms with Gasteiger partial charge in [0.2, 0.25) is 5.91 Å². The Morgan fingerprint density at radius 2 is 1.76 bits per heavy atom. The van der Waals surface area contributed by atoms with E-state index in [0.717, 1.165) is 4.57 Å². The van der Waals surface area contributed by atoms with Gasteiger partial charge in [0, 0.05) is 10.6 Å². The van der Waals surface area contributed by atoms with Crippen LogP contribution in [0.25, 0.3) is 11.4 Å². The Labute approximate surface area is 156 Å². The molecule has 1 amide bonds. The standard InChI is InChI=1S/C16H10Cl3N3O3/c17-10-6-11(18)14(12(19)7-10)20-13(23)8-22-15(21-25-16(22)24)9-4-2-1-3-5-9/h1-7H,8H2,(H,20,23). The molecule has 6 nitrogen and oxygen atoms in total. The van der Waals surface area contributed by atoms with Crippen molar-refractivity contribution in [3.8, 4) is 11.4 Å². The highest BCUT2D eigenvalue weighted by atomic mass is 35.5. The van der Waals surface area contributed by atoms with Crippen LogP contribution >= 0.6 is 34.8 Å². The maximum atomic E-state index is 12.3. The van der Waals surface area contributed by atoms with Gasteiger partial charge < -0.3 is 5.32 Å². The van der Waals surface area contributed by atoms with Gasteiger partial charge >= 0.3 is 5.76 Å². The van der Waals surface area contributed by atoms with Gasteiger partial charge in [-0.3, -0.25) is 9.32 Å². The Bertz CT molecular complexity index is 960. The predicted molar refractivity (Wildman–Crippen MR) is 96.3 cm³/mol. The van der Waals surface area contributed by atoms with E-state index in [1.54, 1.807) is 24.3 Å². The number of carbonyl (C=O) groups excluding carboxylic acids is 1. The fraction of sp³-hybridized carbons (Fsp3) is 0.0625. The molecule has 0 saturated heterocycles. The molecule has 0 aliphatic carbocycles. The van der Waals surface area contributed by atoms with Crippen molar-refractivity contribution in [3.63, 3.8) is 0 Å². The first-order valence-corrected chi connectivity index (χ1v) is 8.15. The molecule has 0 saturated carbocycles. The van der Waals surface area contributed by atoms with Gasteiger partial charge in [-0.15, -0.1) is 0 Å². The molecule has 25 heavy (non-hydrogen) atoms. The molecule has 3 aromatic rings. The van der Waals surface area contributed by atoms with E-state index in [2.05, 4.69) is 15.0 Å². The number of amides is 1. The van der Waals surface area contributed by atoms with Crippen LogP contribution in [0.4, 0.5) is 5.69 Å². The third-order valence-corrected chi connectivity index (χ3v) is 4.11. The maximum absolute atomic E-state index is 12.3. The van der Waals surface area contributed by atoms with Crippen LogP contribution in [0.3, 0.4) is 0 Å². The second-order valence-corrected chi connectivity index (χ2v) is 6.27. The number of nitrogens with zero attached hydrogens (tertiary/aromatic N) is 2. The molecule has 0 aliphatic heterocycles. The van der Waals surface area contributed by atoms with Gasteiger partial charge in [0.25, 0.3) is 0 Å². The lowest BCUT2D eigenvalue weighted by Gasteiger charge is -2.10. The Morgan fingerprint density at radius 1 is 1.12 bits per heavy atom. The highest BCUT2D eigenvalue weighted by Crippen LogP contribution is 2.33. The number of anilines is 1. The number of benzene rings is 2. The van der Waals surface area contributed by atoms with E-state index in [9.17, 15) is 9.59 Å². The fourth-order valence-electron chi connectivity index (χ4n) is 2.19. The molecule has 1 N–H and O–H groups in total. The molecule has 2 aromatic carbocycles. The minimum atomic E-state index is -0.748. The van der Waals surface area contributed by atoms with E-state index in [1.165, 1.54) is 12.1 Å². The monoisotopic (exact) mass is 397 g/mol. The summed E-state index contributed by atoms with van der Waals surface area (Å²) in [6.07, 6.45) is 0. The molecule has 0 fully saturated rings. The molecular formula is C16H10Cl3N3O3. The highest BCUT2D eigenvalue weighted by Gasteiger charge is 2.17. The first-order chi connectivity index (χ1) is 12.0. The Hall–Kier alpha value is -2.28. The van der Waals surface area contributed by atoms with E-state index < -0.39 is 11.7 Å². The number of hydrogen-bond donors (Lipinski definition) is 1. The van der Waals surface area contributed by atoms with Gasteiger partial charge in [-0.05, 0) is 12.1 Å². The second kappa shape index (κ2) is 7.31. The van der Waals surface area contributed by atoms with Crippen LogP contribution in [0.15, 0.2) is 51.8 Å². The summed E-state index contributed by atoms with van der Waals surface area (Å²) in [6.45, 7) is -0.318. The highest BCUT2D eigenvalue weighted by molar-refractivity contribution is 6.42. The molecular weight excluding hydrogens is 389 g/mol. The Morgan fingerprint density at radius 3 is 2.40 bits per heavy atom. The summed E-state index contributed by atoms with van der Waals surface area (Å²) in [7, 11) is 0. The van der Waals surface area contributed by atoms with Gasteiger partial charge in [-0.25, -0.2) is 9.36 Å².